The first-order valence-corrected chi connectivity index (χ1v) is 10.6. The van der Waals surface area contributed by atoms with E-state index in [1.165, 1.54) is 0 Å². The van der Waals surface area contributed by atoms with Crippen molar-refractivity contribution in [1.82, 2.24) is 0 Å². The molecule has 0 radical (unpaired) electrons. The summed E-state index contributed by atoms with van der Waals surface area (Å²) in [6.45, 7) is 23.0. The maximum absolute atomic E-state index is 11.1. The Labute approximate surface area is 131 Å². The summed E-state index contributed by atoms with van der Waals surface area (Å²) in [5.74, 6) is 0.130. The lowest BCUT2D eigenvalue weighted by molar-refractivity contribution is -0.0355. The van der Waals surface area contributed by atoms with Crippen molar-refractivity contribution in [2.24, 2.45) is 5.92 Å². The molecule has 0 aromatic heterocycles. The molecule has 0 amide bonds. The lowest BCUT2D eigenvalue weighted by atomic mass is 9.73. The maximum Gasteiger partial charge on any atom is 0.192 e. The third-order valence-electron chi connectivity index (χ3n) is 5.28. The van der Waals surface area contributed by atoms with Crippen molar-refractivity contribution in [3.8, 4) is 0 Å². The van der Waals surface area contributed by atoms with Crippen molar-refractivity contribution < 1.29 is 9.53 Å². The van der Waals surface area contributed by atoms with Crippen LogP contribution in [0.25, 0.3) is 0 Å². The lowest BCUT2D eigenvalue weighted by Gasteiger charge is -2.49. The number of aliphatic hydroxyl groups is 1. The number of hydrogen-bond donors (Lipinski definition) is 1. The van der Waals surface area contributed by atoms with E-state index >= 15 is 0 Å². The fourth-order valence-corrected chi connectivity index (χ4v) is 3.86. The van der Waals surface area contributed by atoms with Crippen LogP contribution in [0.15, 0.2) is 36.5 Å². The third-order valence-corrected chi connectivity index (χ3v) is 9.74. The van der Waals surface area contributed by atoms with E-state index in [9.17, 15) is 5.11 Å². The molecule has 0 spiro atoms. The molecule has 1 rings (SSSR count). The Morgan fingerprint density at radius 3 is 2.38 bits per heavy atom. The predicted molar refractivity (Wildman–Crippen MR) is 93.9 cm³/mol. The van der Waals surface area contributed by atoms with Crippen molar-refractivity contribution in [1.29, 1.82) is 0 Å². The van der Waals surface area contributed by atoms with Gasteiger partial charge in [-0.1, -0.05) is 51.7 Å². The van der Waals surface area contributed by atoms with Crippen LogP contribution in [0.2, 0.25) is 18.1 Å². The van der Waals surface area contributed by atoms with E-state index in [-0.39, 0.29) is 17.1 Å². The van der Waals surface area contributed by atoms with Gasteiger partial charge in [-0.3, -0.25) is 0 Å². The molecule has 3 heteroatoms. The van der Waals surface area contributed by atoms with Crippen molar-refractivity contribution in [2.45, 2.75) is 70.9 Å². The largest absolute Gasteiger partial charge is 0.410 e. The van der Waals surface area contributed by atoms with E-state index in [1.54, 1.807) is 6.08 Å². The van der Waals surface area contributed by atoms with Crippen LogP contribution in [0, 0.1) is 5.92 Å². The van der Waals surface area contributed by atoms with E-state index in [2.05, 4.69) is 53.1 Å². The summed E-state index contributed by atoms with van der Waals surface area (Å²) in [5, 5.41) is 11.2. The van der Waals surface area contributed by atoms with Gasteiger partial charge in [-0.15, -0.1) is 0 Å². The molecular weight excluding hydrogens is 276 g/mol. The van der Waals surface area contributed by atoms with E-state index in [1.807, 2.05) is 13.8 Å². The zero-order valence-corrected chi connectivity index (χ0v) is 15.8. The summed E-state index contributed by atoms with van der Waals surface area (Å²) in [5.41, 5.74) is 0.888. The van der Waals surface area contributed by atoms with Crippen LogP contribution in [0.4, 0.5) is 0 Å². The van der Waals surface area contributed by atoms with Crippen LogP contribution < -0.4 is 0 Å². The highest BCUT2D eigenvalue weighted by Crippen LogP contribution is 2.44. The van der Waals surface area contributed by atoms with Crippen LogP contribution in [0.1, 0.15) is 41.0 Å². The lowest BCUT2D eigenvalue weighted by Crippen LogP contribution is -2.56. The molecule has 0 bridgehead atoms. The summed E-state index contributed by atoms with van der Waals surface area (Å²) < 4.78 is 6.61. The van der Waals surface area contributed by atoms with Crippen LogP contribution in [-0.4, -0.2) is 25.1 Å². The molecule has 0 unspecified atom stereocenters. The zero-order chi connectivity index (χ0) is 16.6. The molecule has 0 saturated heterocycles. The monoisotopic (exact) mass is 308 g/mol. The highest BCUT2D eigenvalue weighted by atomic mass is 28.4. The Balaban J connectivity index is 3.27. The molecule has 0 aromatic rings. The van der Waals surface area contributed by atoms with Gasteiger partial charge in [0.15, 0.2) is 8.32 Å². The van der Waals surface area contributed by atoms with Gasteiger partial charge in [-0.25, -0.2) is 0 Å². The Kier molecular flexibility index (Phi) is 5.14. The average Bonchev–Trinajstić information content (AvgIpc) is 2.33. The molecule has 0 fully saturated rings. The van der Waals surface area contributed by atoms with Gasteiger partial charge in [-0.05, 0) is 44.0 Å². The van der Waals surface area contributed by atoms with Crippen molar-refractivity contribution in [2.75, 3.05) is 0 Å². The molecule has 0 aliphatic heterocycles. The molecule has 1 aliphatic carbocycles. The summed E-state index contributed by atoms with van der Waals surface area (Å²) in [6, 6.07) is 0. The minimum Gasteiger partial charge on any atom is -0.410 e. The molecule has 0 heterocycles. The minimum absolute atomic E-state index is 0.101. The molecule has 2 nitrogen and oxygen atoms in total. The second-order valence-electron chi connectivity index (χ2n) is 7.90. The summed E-state index contributed by atoms with van der Waals surface area (Å²) in [7, 11) is -1.99. The number of hydrogen-bond acceptors (Lipinski definition) is 2. The highest BCUT2D eigenvalue weighted by molar-refractivity contribution is 6.74. The van der Waals surface area contributed by atoms with Crippen LogP contribution in [-0.2, 0) is 4.43 Å². The van der Waals surface area contributed by atoms with E-state index in [0.29, 0.717) is 0 Å². The number of allylic oxidation sites excluding steroid dienone is 1. The molecule has 120 valence electrons. The average molecular weight is 309 g/mol. The van der Waals surface area contributed by atoms with Crippen molar-refractivity contribution >= 4 is 8.32 Å². The van der Waals surface area contributed by atoms with E-state index < -0.39 is 13.9 Å². The second-order valence-corrected chi connectivity index (χ2v) is 12.7. The van der Waals surface area contributed by atoms with Gasteiger partial charge in [0.25, 0.3) is 0 Å². The first-order valence-electron chi connectivity index (χ1n) is 7.73. The Morgan fingerprint density at radius 1 is 1.48 bits per heavy atom. The van der Waals surface area contributed by atoms with Gasteiger partial charge in [-0.2, -0.15) is 0 Å². The molecule has 3 atom stereocenters. The molecule has 1 N–H and O–H groups in total. The van der Waals surface area contributed by atoms with Gasteiger partial charge in [0.1, 0.15) is 5.60 Å². The smallest absolute Gasteiger partial charge is 0.192 e. The van der Waals surface area contributed by atoms with Crippen molar-refractivity contribution in [3.05, 3.63) is 36.5 Å². The standard InChI is InChI=1S/C18H32O2Si/c1-10-18(19)14(4)11-12-15(13(2)3)16(18)20-21(8,9)17(5,6)7/h10-11,15-16,19H,1-2,12H2,3-9H3/t15-,16-,18+/m1/s1. The van der Waals surface area contributed by atoms with Crippen molar-refractivity contribution in [3.63, 3.8) is 0 Å². The Morgan fingerprint density at radius 2 is 2.00 bits per heavy atom. The van der Waals surface area contributed by atoms with Gasteiger partial charge in [0.05, 0.1) is 6.10 Å². The fourth-order valence-electron chi connectivity index (χ4n) is 2.52. The maximum atomic E-state index is 11.1. The Hall–Kier alpha value is -0.643. The normalized spacial score (nSPS) is 30.8. The van der Waals surface area contributed by atoms with Gasteiger partial charge < -0.3 is 9.53 Å². The fraction of sp³-hybridized carbons (Fsp3) is 0.667. The molecule has 0 aromatic carbocycles. The minimum atomic E-state index is -1.99. The zero-order valence-electron chi connectivity index (χ0n) is 14.8. The van der Waals surface area contributed by atoms with Crippen LogP contribution in [0.5, 0.6) is 0 Å². The second kappa shape index (κ2) is 5.86. The SMILES string of the molecule is C=C[C@]1(O)C(C)=CC[C@H](C(=C)C)[C@H]1O[Si](C)(C)C(C)(C)C. The van der Waals surface area contributed by atoms with Gasteiger partial charge >= 0.3 is 0 Å². The highest BCUT2D eigenvalue weighted by Gasteiger charge is 2.49. The quantitative estimate of drug-likeness (QED) is 0.595. The predicted octanol–water partition coefficient (Wildman–Crippen LogP) is 4.84. The van der Waals surface area contributed by atoms with E-state index in [0.717, 1.165) is 17.6 Å². The molecular formula is C18H32O2Si. The van der Waals surface area contributed by atoms with Gasteiger partial charge in [0.2, 0.25) is 0 Å². The van der Waals surface area contributed by atoms with Crippen LogP contribution in [0.3, 0.4) is 0 Å². The molecule has 1 aliphatic rings. The van der Waals surface area contributed by atoms with Gasteiger partial charge in [0, 0.05) is 5.92 Å². The summed E-state index contributed by atoms with van der Waals surface area (Å²) >= 11 is 0. The number of rotatable bonds is 4. The third kappa shape index (κ3) is 3.41. The molecule has 21 heavy (non-hydrogen) atoms. The molecule has 0 saturated carbocycles. The van der Waals surface area contributed by atoms with Crippen LogP contribution >= 0.6 is 0 Å². The first kappa shape index (κ1) is 18.4. The summed E-state index contributed by atoms with van der Waals surface area (Å²) in [6.07, 6.45) is 4.30. The van der Waals surface area contributed by atoms with E-state index in [4.69, 9.17) is 4.43 Å². The first-order chi connectivity index (χ1) is 9.37. The Bertz CT molecular complexity index is 456. The topological polar surface area (TPSA) is 29.5 Å². The summed E-state index contributed by atoms with van der Waals surface area (Å²) in [4.78, 5) is 0.